The van der Waals surface area contributed by atoms with Crippen molar-refractivity contribution >= 4 is 21.9 Å². The van der Waals surface area contributed by atoms with Crippen molar-refractivity contribution in [1.29, 1.82) is 0 Å². The van der Waals surface area contributed by atoms with E-state index in [-0.39, 0.29) is 5.92 Å². The van der Waals surface area contributed by atoms with Crippen molar-refractivity contribution in [2.24, 2.45) is 5.92 Å². The third-order valence-electron chi connectivity index (χ3n) is 3.43. The molecule has 4 heteroatoms. The van der Waals surface area contributed by atoms with Gasteiger partial charge in [0.05, 0.1) is 5.92 Å². The lowest BCUT2D eigenvalue weighted by molar-refractivity contribution is -0.140. The van der Waals surface area contributed by atoms with Crippen LogP contribution in [0.15, 0.2) is 22.7 Å². The normalized spacial score (nSPS) is 18.2. The summed E-state index contributed by atoms with van der Waals surface area (Å²) in [7, 11) is 0. The first-order chi connectivity index (χ1) is 8.09. The van der Waals surface area contributed by atoms with Crippen LogP contribution in [0, 0.1) is 11.7 Å². The van der Waals surface area contributed by atoms with Crippen LogP contribution < -0.4 is 0 Å². The number of carboxylic acid groups (broad SMARTS) is 1. The Morgan fingerprint density at radius 2 is 2.06 bits per heavy atom. The van der Waals surface area contributed by atoms with Gasteiger partial charge >= 0.3 is 5.97 Å². The first-order valence-corrected chi connectivity index (χ1v) is 6.56. The fourth-order valence-corrected chi connectivity index (χ4v) is 2.97. The Hall–Kier alpha value is -0.900. The van der Waals surface area contributed by atoms with E-state index in [2.05, 4.69) is 15.9 Å². The fourth-order valence-electron chi connectivity index (χ4n) is 2.63. The van der Waals surface area contributed by atoms with Gasteiger partial charge in [0.1, 0.15) is 5.82 Å². The molecule has 17 heavy (non-hydrogen) atoms. The molecule has 0 radical (unpaired) electrons. The van der Waals surface area contributed by atoms with Crippen LogP contribution in [0.5, 0.6) is 0 Å². The lowest BCUT2D eigenvalue weighted by Gasteiger charge is -2.20. The van der Waals surface area contributed by atoms with Crippen molar-refractivity contribution in [1.82, 2.24) is 0 Å². The first-order valence-electron chi connectivity index (χ1n) is 5.77. The Labute approximate surface area is 108 Å². The average molecular weight is 301 g/mol. The van der Waals surface area contributed by atoms with Gasteiger partial charge in [-0.25, -0.2) is 4.39 Å². The van der Waals surface area contributed by atoms with Crippen LogP contribution in [0.4, 0.5) is 4.39 Å². The summed E-state index contributed by atoms with van der Waals surface area (Å²) < 4.78 is 14.5. The minimum atomic E-state index is -0.918. The Bertz CT molecular complexity index is 427. The largest absolute Gasteiger partial charge is 0.481 e. The SMILES string of the molecule is O=C(O)C(c1ccc(Br)cc1F)C1CCCC1. The van der Waals surface area contributed by atoms with Gasteiger partial charge in [0.15, 0.2) is 0 Å². The number of hydrogen-bond donors (Lipinski definition) is 1. The molecule has 1 aliphatic carbocycles. The Morgan fingerprint density at radius 3 is 2.59 bits per heavy atom. The molecule has 1 aliphatic rings. The van der Waals surface area contributed by atoms with Crippen molar-refractivity contribution in [2.75, 3.05) is 0 Å². The van der Waals surface area contributed by atoms with Crippen molar-refractivity contribution in [3.8, 4) is 0 Å². The molecule has 0 saturated heterocycles. The van der Waals surface area contributed by atoms with Crippen LogP contribution in [0.25, 0.3) is 0 Å². The standard InChI is InChI=1S/C13H14BrFO2/c14-9-5-6-10(11(15)7-9)12(13(16)17)8-3-1-2-4-8/h5-8,12H,1-4H2,(H,16,17). The number of carboxylic acids is 1. The number of halogens is 2. The number of carbonyl (C=O) groups is 1. The summed E-state index contributed by atoms with van der Waals surface area (Å²) in [5.74, 6) is -1.98. The first kappa shape index (κ1) is 12.6. The van der Waals surface area contributed by atoms with Gasteiger partial charge < -0.3 is 5.11 Å². The minimum absolute atomic E-state index is 0.0724. The van der Waals surface area contributed by atoms with Crippen LogP contribution in [-0.2, 0) is 4.79 Å². The predicted octanol–water partition coefficient (Wildman–Crippen LogP) is 3.95. The van der Waals surface area contributed by atoms with Gasteiger partial charge in [-0.3, -0.25) is 4.79 Å². The summed E-state index contributed by atoms with van der Waals surface area (Å²) in [6.07, 6.45) is 3.86. The Morgan fingerprint density at radius 1 is 1.41 bits per heavy atom. The van der Waals surface area contributed by atoms with Crippen LogP contribution >= 0.6 is 15.9 Å². The molecule has 0 bridgehead atoms. The van der Waals surface area contributed by atoms with E-state index in [0.717, 1.165) is 25.7 Å². The molecule has 1 atom stereocenters. The van der Waals surface area contributed by atoms with E-state index in [0.29, 0.717) is 10.0 Å². The quantitative estimate of drug-likeness (QED) is 0.918. The van der Waals surface area contributed by atoms with Gasteiger partial charge in [-0.1, -0.05) is 34.8 Å². The van der Waals surface area contributed by atoms with E-state index in [1.807, 2.05) is 0 Å². The highest BCUT2D eigenvalue weighted by Gasteiger charge is 2.33. The van der Waals surface area contributed by atoms with Gasteiger partial charge in [-0.15, -0.1) is 0 Å². The summed E-state index contributed by atoms with van der Waals surface area (Å²) >= 11 is 3.18. The maximum atomic E-state index is 13.8. The van der Waals surface area contributed by atoms with E-state index in [1.54, 1.807) is 12.1 Å². The summed E-state index contributed by atoms with van der Waals surface area (Å²) in [5, 5.41) is 9.30. The third-order valence-corrected chi connectivity index (χ3v) is 3.93. The highest BCUT2D eigenvalue weighted by molar-refractivity contribution is 9.10. The molecule has 0 heterocycles. The van der Waals surface area contributed by atoms with Crippen LogP contribution in [-0.4, -0.2) is 11.1 Å². The monoisotopic (exact) mass is 300 g/mol. The second kappa shape index (κ2) is 5.17. The van der Waals surface area contributed by atoms with E-state index in [9.17, 15) is 14.3 Å². The Balaban J connectivity index is 2.35. The number of benzene rings is 1. The van der Waals surface area contributed by atoms with Crippen molar-refractivity contribution in [3.05, 3.63) is 34.1 Å². The highest BCUT2D eigenvalue weighted by atomic mass is 79.9. The van der Waals surface area contributed by atoms with Crippen molar-refractivity contribution in [2.45, 2.75) is 31.6 Å². The van der Waals surface area contributed by atoms with Crippen molar-refractivity contribution < 1.29 is 14.3 Å². The predicted molar refractivity (Wildman–Crippen MR) is 66.4 cm³/mol. The molecule has 1 saturated carbocycles. The number of hydrogen-bond acceptors (Lipinski definition) is 1. The average Bonchev–Trinajstić information content (AvgIpc) is 2.74. The van der Waals surface area contributed by atoms with Gasteiger partial charge in [0.25, 0.3) is 0 Å². The molecular weight excluding hydrogens is 287 g/mol. The highest BCUT2D eigenvalue weighted by Crippen LogP contribution is 2.38. The summed E-state index contributed by atoms with van der Waals surface area (Å²) in [4.78, 5) is 11.3. The van der Waals surface area contributed by atoms with Crippen LogP contribution in [0.3, 0.4) is 0 Å². The lowest BCUT2D eigenvalue weighted by atomic mass is 9.84. The van der Waals surface area contributed by atoms with Crippen LogP contribution in [0.1, 0.15) is 37.2 Å². The van der Waals surface area contributed by atoms with Gasteiger partial charge in [0, 0.05) is 10.0 Å². The lowest BCUT2D eigenvalue weighted by Crippen LogP contribution is -2.20. The van der Waals surface area contributed by atoms with E-state index >= 15 is 0 Å². The molecule has 0 aliphatic heterocycles. The molecule has 0 spiro atoms. The molecule has 92 valence electrons. The molecule has 2 nitrogen and oxygen atoms in total. The Kier molecular flexibility index (Phi) is 3.82. The number of rotatable bonds is 3. The second-order valence-electron chi connectivity index (χ2n) is 4.53. The second-order valence-corrected chi connectivity index (χ2v) is 5.44. The zero-order chi connectivity index (χ0) is 12.4. The van der Waals surface area contributed by atoms with Gasteiger partial charge in [-0.2, -0.15) is 0 Å². The van der Waals surface area contributed by atoms with Gasteiger partial charge in [0.2, 0.25) is 0 Å². The topological polar surface area (TPSA) is 37.3 Å². The minimum Gasteiger partial charge on any atom is -0.481 e. The number of aliphatic carboxylic acids is 1. The summed E-state index contributed by atoms with van der Waals surface area (Å²) in [5.41, 5.74) is 0.313. The van der Waals surface area contributed by atoms with E-state index < -0.39 is 17.7 Å². The van der Waals surface area contributed by atoms with Gasteiger partial charge in [-0.05, 0) is 30.9 Å². The molecular formula is C13H14BrFO2. The maximum Gasteiger partial charge on any atom is 0.311 e. The molecule has 1 unspecified atom stereocenters. The van der Waals surface area contributed by atoms with E-state index in [1.165, 1.54) is 6.07 Å². The molecule has 2 rings (SSSR count). The molecule has 1 N–H and O–H groups in total. The third kappa shape index (κ3) is 2.68. The van der Waals surface area contributed by atoms with Crippen molar-refractivity contribution in [3.63, 3.8) is 0 Å². The van der Waals surface area contributed by atoms with E-state index in [4.69, 9.17) is 0 Å². The molecule has 0 amide bonds. The molecule has 0 aromatic heterocycles. The van der Waals surface area contributed by atoms with Crippen LogP contribution in [0.2, 0.25) is 0 Å². The summed E-state index contributed by atoms with van der Waals surface area (Å²) in [6, 6.07) is 4.61. The molecule has 1 fully saturated rings. The fraction of sp³-hybridized carbons (Fsp3) is 0.462. The molecule has 1 aromatic rings. The molecule has 1 aromatic carbocycles. The zero-order valence-electron chi connectivity index (χ0n) is 9.33. The maximum absolute atomic E-state index is 13.8. The summed E-state index contributed by atoms with van der Waals surface area (Å²) in [6.45, 7) is 0. The smallest absolute Gasteiger partial charge is 0.311 e. The zero-order valence-corrected chi connectivity index (χ0v) is 10.9.